The van der Waals surface area contributed by atoms with Gasteiger partial charge in [-0.3, -0.25) is 0 Å². The second-order valence-electron chi connectivity index (χ2n) is 3.34. The van der Waals surface area contributed by atoms with Crippen molar-refractivity contribution in [3.05, 3.63) is 40.4 Å². The number of rotatable bonds is 1. The van der Waals surface area contributed by atoms with Crippen molar-refractivity contribution >= 4 is 26.7 Å². The molecule has 0 aliphatic heterocycles. The highest BCUT2D eigenvalue weighted by atomic mass is 79.9. The van der Waals surface area contributed by atoms with Crippen LogP contribution < -0.4 is 4.74 Å². The Hall–Kier alpha value is -1.02. The number of hydrogen-bond acceptors (Lipinski definition) is 1. The number of aryl methyl sites for hydroxylation is 1. The predicted molar refractivity (Wildman–Crippen MR) is 62.9 cm³/mol. The average Bonchev–Trinajstić information content (AvgIpc) is 2.17. The topological polar surface area (TPSA) is 9.23 Å². The van der Waals surface area contributed by atoms with Crippen LogP contribution in [0.1, 0.15) is 5.56 Å². The van der Waals surface area contributed by atoms with Crippen molar-refractivity contribution in [3.63, 3.8) is 0 Å². The molecule has 2 aromatic rings. The summed E-state index contributed by atoms with van der Waals surface area (Å²) in [6, 6.07) is 10.5. The van der Waals surface area contributed by atoms with Crippen molar-refractivity contribution in [1.29, 1.82) is 0 Å². The number of benzene rings is 2. The van der Waals surface area contributed by atoms with E-state index in [0.29, 0.717) is 0 Å². The minimum Gasteiger partial charge on any atom is -0.496 e. The lowest BCUT2D eigenvalue weighted by atomic mass is 10.1. The molecule has 0 aliphatic rings. The maximum absolute atomic E-state index is 5.25. The first-order valence-corrected chi connectivity index (χ1v) is 5.24. The van der Waals surface area contributed by atoms with Gasteiger partial charge in [0, 0.05) is 0 Å². The van der Waals surface area contributed by atoms with Crippen LogP contribution in [0.25, 0.3) is 10.8 Å². The van der Waals surface area contributed by atoms with Gasteiger partial charge in [-0.1, -0.05) is 23.8 Å². The maximum Gasteiger partial charge on any atom is 0.133 e. The molecule has 0 unspecified atom stereocenters. The van der Waals surface area contributed by atoms with Gasteiger partial charge in [-0.15, -0.1) is 0 Å². The zero-order valence-electron chi connectivity index (χ0n) is 8.17. The van der Waals surface area contributed by atoms with Crippen LogP contribution in [0.15, 0.2) is 34.8 Å². The molecule has 0 atom stereocenters. The molecule has 72 valence electrons. The first-order valence-electron chi connectivity index (χ1n) is 4.44. The summed E-state index contributed by atoms with van der Waals surface area (Å²) in [6.07, 6.45) is 0. The summed E-state index contributed by atoms with van der Waals surface area (Å²) in [6.45, 7) is 2.09. The van der Waals surface area contributed by atoms with E-state index >= 15 is 0 Å². The molecule has 0 saturated carbocycles. The summed E-state index contributed by atoms with van der Waals surface area (Å²) in [5, 5.41) is 2.44. The molecule has 0 aromatic heterocycles. The molecule has 1 nitrogen and oxygen atoms in total. The molecule has 0 radical (unpaired) electrons. The largest absolute Gasteiger partial charge is 0.496 e. The third-order valence-electron chi connectivity index (χ3n) is 2.27. The van der Waals surface area contributed by atoms with Crippen molar-refractivity contribution in [2.45, 2.75) is 6.92 Å². The molecule has 0 amide bonds. The molecule has 0 spiro atoms. The van der Waals surface area contributed by atoms with E-state index in [-0.39, 0.29) is 0 Å². The summed E-state index contributed by atoms with van der Waals surface area (Å²) < 4.78 is 6.24. The first-order chi connectivity index (χ1) is 6.70. The molecular weight excluding hydrogens is 240 g/mol. The van der Waals surface area contributed by atoms with E-state index in [2.05, 4.69) is 47.1 Å². The Balaban J connectivity index is 2.73. The van der Waals surface area contributed by atoms with Crippen LogP contribution in [0.5, 0.6) is 5.75 Å². The lowest BCUT2D eigenvalue weighted by molar-refractivity contribution is 0.413. The fraction of sp³-hybridized carbons (Fsp3) is 0.167. The van der Waals surface area contributed by atoms with Crippen molar-refractivity contribution in [1.82, 2.24) is 0 Å². The second-order valence-corrected chi connectivity index (χ2v) is 4.19. The number of methoxy groups -OCH3 is 1. The van der Waals surface area contributed by atoms with Crippen molar-refractivity contribution in [2.75, 3.05) is 7.11 Å². The van der Waals surface area contributed by atoms with Crippen LogP contribution in [0.4, 0.5) is 0 Å². The van der Waals surface area contributed by atoms with E-state index in [0.717, 1.165) is 10.2 Å². The molecule has 2 aromatic carbocycles. The summed E-state index contributed by atoms with van der Waals surface area (Å²) in [5.74, 6) is 0.878. The molecule has 0 fully saturated rings. The molecule has 0 N–H and O–H groups in total. The van der Waals surface area contributed by atoms with E-state index < -0.39 is 0 Å². The number of halogens is 1. The number of ether oxygens (including phenoxy) is 1. The quantitative estimate of drug-likeness (QED) is 0.746. The Morgan fingerprint density at radius 2 is 1.86 bits per heavy atom. The fourth-order valence-electron chi connectivity index (χ4n) is 1.52. The molecule has 14 heavy (non-hydrogen) atoms. The van der Waals surface area contributed by atoms with Gasteiger partial charge in [-0.25, -0.2) is 0 Å². The monoisotopic (exact) mass is 250 g/mol. The predicted octanol–water partition coefficient (Wildman–Crippen LogP) is 3.92. The molecular formula is C12H11BrO. The van der Waals surface area contributed by atoms with Gasteiger partial charge in [-0.05, 0) is 45.8 Å². The van der Waals surface area contributed by atoms with Gasteiger partial charge >= 0.3 is 0 Å². The van der Waals surface area contributed by atoms with Gasteiger partial charge in [0.15, 0.2) is 0 Å². The summed E-state index contributed by atoms with van der Waals surface area (Å²) >= 11 is 3.47. The zero-order valence-corrected chi connectivity index (χ0v) is 9.76. The third kappa shape index (κ3) is 1.62. The van der Waals surface area contributed by atoms with Gasteiger partial charge in [0.05, 0.1) is 11.6 Å². The SMILES string of the molecule is COc1cc2cc(C)ccc2cc1Br. The summed E-state index contributed by atoms with van der Waals surface area (Å²) in [4.78, 5) is 0. The Labute approximate surface area is 91.8 Å². The smallest absolute Gasteiger partial charge is 0.133 e. The van der Waals surface area contributed by atoms with Crippen LogP contribution in [0.2, 0.25) is 0 Å². The van der Waals surface area contributed by atoms with Gasteiger partial charge in [0.1, 0.15) is 5.75 Å². The Bertz CT molecular complexity index is 477. The van der Waals surface area contributed by atoms with Crippen LogP contribution in [0.3, 0.4) is 0 Å². The van der Waals surface area contributed by atoms with E-state index in [1.807, 2.05) is 6.07 Å². The van der Waals surface area contributed by atoms with Gasteiger partial charge in [0.2, 0.25) is 0 Å². The van der Waals surface area contributed by atoms with Crippen molar-refractivity contribution in [2.24, 2.45) is 0 Å². The normalized spacial score (nSPS) is 10.5. The average molecular weight is 251 g/mol. The summed E-state index contributed by atoms with van der Waals surface area (Å²) in [5.41, 5.74) is 1.27. The lowest BCUT2D eigenvalue weighted by Crippen LogP contribution is -1.85. The van der Waals surface area contributed by atoms with E-state index in [1.54, 1.807) is 7.11 Å². The van der Waals surface area contributed by atoms with Gasteiger partial charge in [-0.2, -0.15) is 0 Å². The fourth-order valence-corrected chi connectivity index (χ4v) is 2.05. The lowest BCUT2D eigenvalue weighted by Gasteiger charge is -2.06. The Morgan fingerprint density at radius 1 is 1.07 bits per heavy atom. The highest BCUT2D eigenvalue weighted by molar-refractivity contribution is 9.10. The second kappa shape index (κ2) is 3.62. The Kier molecular flexibility index (Phi) is 2.46. The van der Waals surface area contributed by atoms with E-state index in [9.17, 15) is 0 Å². The molecule has 0 saturated heterocycles. The standard InChI is InChI=1S/C12H11BrO/c1-8-3-4-9-6-11(13)12(14-2)7-10(9)5-8/h3-7H,1-2H3. The highest BCUT2D eigenvalue weighted by Crippen LogP contribution is 2.30. The minimum absolute atomic E-state index is 0.878. The third-order valence-corrected chi connectivity index (χ3v) is 2.89. The Morgan fingerprint density at radius 3 is 2.57 bits per heavy atom. The van der Waals surface area contributed by atoms with Crippen LogP contribution in [0, 0.1) is 6.92 Å². The van der Waals surface area contributed by atoms with Gasteiger partial charge < -0.3 is 4.74 Å². The first kappa shape index (κ1) is 9.53. The van der Waals surface area contributed by atoms with E-state index in [1.165, 1.54) is 16.3 Å². The number of fused-ring (bicyclic) bond motifs is 1. The van der Waals surface area contributed by atoms with Gasteiger partial charge in [0.25, 0.3) is 0 Å². The van der Waals surface area contributed by atoms with Crippen LogP contribution >= 0.6 is 15.9 Å². The van der Waals surface area contributed by atoms with Crippen molar-refractivity contribution < 1.29 is 4.74 Å². The van der Waals surface area contributed by atoms with Crippen molar-refractivity contribution in [3.8, 4) is 5.75 Å². The highest BCUT2D eigenvalue weighted by Gasteiger charge is 2.02. The molecule has 2 rings (SSSR count). The molecule has 2 heteroatoms. The summed E-state index contributed by atoms with van der Waals surface area (Å²) in [7, 11) is 1.68. The van der Waals surface area contributed by atoms with Crippen LogP contribution in [-0.2, 0) is 0 Å². The minimum atomic E-state index is 0.878. The number of hydrogen-bond donors (Lipinski definition) is 0. The molecule has 0 aliphatic carbocycles. The molecule has 0 heterocycles. The zero-order chi connectivity index (χ0) is 10.1. The molecule has 0 bridgehead atoms. The maximum atomic E-state index is 5.25. The van der Waals surface area contributed by atoms with E-state index in [4.69, 9.17) is 4.74 Å². The van der Waals surface area contributed by atoms with Crippen LogP contribution in [-0.4, -0.2) is 7.11 Å².